The smallest absolute Gasteiger partial charge is 0.330 e. The molecule has 4 atom stereocenters. The summed E-state index contributed by atoms with van der Waals surface area (Å²) in [6, 6.07) is 1.20. The maximum atomic E-state index is 11.9. The van der Waals surface area contributed by atoms with E-state index in [-0.39, 0.29) is 6.61 Å². The monoisotopic (exact) mass is 284 g/mol. The number of hydrogen-bond acceptors (Lipinski definition) is 6. The fourth-order valence-electron chi connectivity index (χ4n) is 2.98. The van der Waals surface area contributed by atoms with Gasteiger partial charge in [-0.25, -0.2) is 4.79 Å². The molecule has 2 saturated heterocycles. The molecule has 1 aromatic rings. The molecule has 0 amide bonds. The average molecular weight is 284 g/mol. The van der Waals surface area contributed by atoms with Crippen LogP contribution < -0.4 is 11.2 Å². The lowest BCUT2D eigenvalue weighted by Crippen LogP contribution is -2.48. The lowest BCUT2D eigenvalue weighted by Gasteiger charge is -2.31. The molecular weight excluding hydrogens is 268 g/mol. The number of nitrogens with zero attached hydrogens (tertiary/aromatic N) is 1. The van der Waals surface area contributed by atoms with Crippen molar-refractivity contribution in [1.29, 1.82) is 0 Å². The lowest BCUT2D eigenvalue weighted by atomic mass is 9.91. The van der Waals surface area contributed by atoms with Gasteiger partial charge < -0.3 is 19.7 Å². The normalized spacial score (nSPS) is 36.8. The maximum absolute atomic E-state index is 11.9. The quantitative estimate of drug-likeness (QED) is 0.599. The van der Waals surface area contributed by atoms with Gasteiger partial charge in [-0.2, -0.15) is 0 Å². The molecule has 1 aromatic heterocycles. The minimum atomic E-state index is -1.06. The minimum Gasteiger partial charge on any atom is -0.394 e. The van der Waals surface area contributed by atoms with Crippen molar-refractivity contribution in [3.8, 4) is 0 Å². The summed E-state index contributed by atoms with van der Waals surface area (Å²) in [6.07, 6.45) is -0.173. The van der Waals surface area contributed by atoms with E-state index in [4.69, 9.17) is 9.47 Å². The number of H-pyrrole nitrogens is 1. The second-order valence-corrected chi connectivity index (χ2v) is 5.08. The average Bonchev–Trinajstić information content (AvgIpc) is 3.00. The van der Waals surface area contributed by atoms with Crippen LogP contribution in [0, 0.1) is 0 Å². The fourth-order valence-corrected chi connectivity index (χ4v) is 2.98. The van der Waals surface area contributed by atoms with Crippen molar-refractivity contribution in [2.45, 2.75) is 36.9 Å². The number of aliphatic hydroxyl groups is 2. The Morgan fingerprint density at radius 3 is 2.90 bits per heavy atom. The van der Waals surface area contributed by atoms with Crippen molar-refractivity contribution in [1.82, 2.24) is 9.55 Å². The summed E-state index contributed by atoms with van der Waals surface area (Å²) >= 11 is 0. The van der Waals surface area contributed by atoms with Gasteiger partial charge in [-0.3, -0.25) is 14.3 Å². The number of aliphatic hydroxyl groups excluding tert-OH is 2. The van der Waals surface area contributed by atoms with E-state index in [1.807, 2.05) is 0 Å². The predicted octanol–water partition coefficient (Wildman–Crippen LogP) is -1.66. The molecule has 110 valence electrons. The molecule has 3 heterocycles. The van der Waals surface area contributed by atoms with Gasteiger partial charge in [-0.05, 0) is 12.8 Å². The molecule has 3 rings (SSSR count). The minimum absolute atomic E-state index is 0.374. The third-order valence-corrected chi connectivity index (χ3v) is 3.94. The largest absolute Gasteiger partial charge is 0.394 e. The van der Waals surface area contributed by atoms with Crippen LogP contribution in [0.1, 0.15) is 19.1 Å². The van der Waals surface area contributed by atoms with Crippen molar-refractivity contribution in [3.63, 3.8) is 0 Å². The molecule has 8 heteroatoms. The fraction of sp³-hybridized carbons (Fsp3) is 0.667. The molecule has 8 nitrogen and oxygen atoms in total. The third kappa shape index (κ3) is 1.84. The Hall–Kier alpha value is -1.48. The van der Waals surface area contributed by atoms with Crippen LogP contribution in [0.3, 0.4) is 0 Å². The van der Waals surface area contributed by atoms with Crippen LogP contribution in [0.2, 0.25) is 0 Å². The molecule has 0 radical (unpaired) electrons. The van der Waals surface area contributed by atoms with Gasteiger partial charge in [-0.15, -0.1) is 0 Å². The van der Waals surface area contributed by atoms with Crippen molar-refractivity contribution in [2.24, 2.45) is 0 Å². The second kappa shape index (κ2) is 4.81. The molecule has 0 bridgehead atoms. The summed E-state index contributed by atoms with van der Waals surface area (Å²) in [7, 11) is 0. The highest BCUT2D eigenvalue weighted by Crippen LogP contribution is 2.46. The van der Waals surface area contributed by atoms with E-state index in [2.05, 4.69) is 4.98 Å². The van der Waals surface area contributed by atoms with E-state index in [9.17, 15) is 19.8 Å². The van der Waals surface area contributed by atoms with Crippen molar-refractivity contribution in [2.75, 3.05) is 13.2 Å². The molecule has 3 N–H and O–H groups in total. The lowest BCUT2D eigenvalue weighted by molar-refractivity contribution is -0.122. The van der Waals surface area contributed by atoms with E-state index in [0.717, 1.165) is 6.42 Å². The van der Waals surface area contributed by atoms with Gasteiger partial charge in [0.1, 0.15) is 17.8 Å². The van der Waals surface area contributed by atoms with Crippen LogP contribution in [-0.4, -0.2) is 50.8 Å². The van der Waals surface area contributed by atoms with Crippen molar-refractivity contribution in [3.05, 3.63) is 33.1 Å². The van der Waals surface area contributed by atoms with Gasteiger partial charge in [0.15, 0.2) is 6.23 Å². The number of ether oxygens (including phenoxy) is 2. The predicted molar refractivity (Wildman–Crippen MR) is 66.2 cm³/mol. The standard InChI is InChI=1S/C12H16N2O6/c15-6-7-9(17)12(3-1-5-19-12)10(20-7)14-4-2-8(16)13-11(14)18/h2,4,7,9-10,15,17H,1,3,5-6H2,(H,13,16,18)/t7?,9-,10+,12+/m1/s1. The van der Waals surface area contributed by atoms with Crippen LogP contribution >= 0.6 is 0 Å². The van der Waals surface area contributed by atoms with E-state index < -0.39 is 35.3 Å². The molecule has 2 fully saturated rings. The number of hydrogen-bond donors (Lipinski definition) is 3. The Bertz CT molecular complexity index is 602. The first-order valence-corrected chi connectivity index (χ1v) is 6.48. The highest BCUT2D eigenvalue weighted by Gasteiger charge is 2.59. The SMILES string of the molecule is O=c1ccn([C@H]2OC(CO)[C@@H](O)[C@@]23CCCO3)c(=O)[nH]1. The molecule has 2 aliphatic heterocycles. The summed E-state index contributed by atoms with van der Waals surface area (Å²) in [4.78, 5) is 25.2. The first-order valence-electron chi connectivity index (χ1n) is 6.48. The summed E-state index contributed by atoms with van der Waals surface area (Å²) in [5, 5.41) is 19.6. The Morgan fingerprint density at radius 2 is 2.30 bits per heavy atom. The molecule has 20 heavy (non-hydrogen) atoms. The van der Waals surface area contributed by atoms with Crippen LogP contribution in [-0.2, 0) is 9.47 Å². The zero-order valence-corrected chi connectivity index (χ0v) is 10.7. The highest BCUT2D eigenvalue weighted by molar-refractivity contribution is 5.06. The molecule has 1 spiro atoms. The first-order chi connectivity index (χ1) is 9.58. The Kier molecular flexibility index (Phi) is 3.25. The van der Waals surface area contributed by atoms with Gasteiger partial charge >= 0.3 is 5.69 Å². The Labute approximate surface area is 113 Å². The van der Waals surface area contributed by atoms with E-state index in [1.165, 1.54) is 16.8 Å². The molecular formula is C12H16N2O6. The Balaban J connectivity index is 2.06. The summed E-state index contributed by atoms with van der Waals surface area (Å²) in [5.74, 6) is 0. The topological polar surface area (TPSA) is 114 Å². The van der Waals surface area contributed by atoms with Crippen LogP contribution in [0.15, 0.2) is 21.9 Å². The van der Waals surface area contributed by atoms with Gasteiger partial charge in [0.25, 0.3) is 5.56 Å². The zero-order chi connectivity index (χ0) is 14.3. The summed E-state index contributed by atoms with van der Waals surface area (Å²) in [6.45, 7) is 0.0774. The van der Waals surface area contributed by atoms with Gasteiger partial charge in [-0.1, -0.05) is 0 Å². The van der Waals surface area contributed by atoms with E-state index >= 15 is 0 Å². The summed E-state index contributed by atoms with van der Waals surface area (Å²) in [5.41, 5.74) is -2.21. The molecule has 2 aliphatic rings. The first kappa shape index (κ1) is 13.5. The third-order valence-electron chi connectivity index (χ3n) is 3.94. The number of aromatic nitrogens is 2. The Morgan fingerprint density at radius 1 is 1.50 bits per heavy atom. The van der Waals surface area contributed by atoms with E-state index in [1.54, 1.807) is 0 Å². The molecule has 0 aliphatic carbocycles. The van der Waals surface area contributed by atoms with Gasteiger partial charge in [0.05, 0.1) is 6.61 Å². The second-order valence-electron chi connectivity index (χ2n) is 5.08. The van der Waals surface area contributed by atoms with Crippen molar-refractivity contribution >= 4 is 0 Å². The zero-order valence-electron chi connectivity index (χ0n) is 10.7. The van der Waals surface area contributed by atoms with Crippen LogP contribution in [0.5, 0.6) is 0 Å². The van der Waals surface area contributed by atoms with Gasteiger partial charge in [0.2, 0.25) is 0 Å². The molecule has 0 aromatic carbocycles. The van der Waals surface area contributed by atoms with Crippen molar-refractivity contribution < 1.29 is 19.7 Å². The molecule has 1 unspecified atom stereocenters. The van der Waals surface area contributed by atoms with Gasteiger partial charge in [0, 0.05) is 18.9 Å². The van der Waals surface area contributed by atoms with E-state index in [0.29, 0.717) is 13.0 Å². The van der Waals surface area contributed by atoms with Crippen LogP contribution in [0.4, 0.5) is 0 Å². The highest BCUT2D eigenvalue weighted by atomic mass is 16.6. The number of rotatable bonds is 2. The van der Waals surface area contributed by atoms with Crippen LogP contribution in [0.25, 0.3) is 0 Å². The number of aromatic amines is 1. The summed E-state index contributed by atoms with van der Waals surface area (Å²) < 4.78 is 12.4. The number of nitrogens with one attached hydrogen (secondary N) is 1. The maximum Gasteiger partial charge on any atom is 0.330 e. The molecule has 0 saturated carbocycles.